The molecule has 5 rings (SSSR count). The van der Waals surface area contributed by atoms with E-state index in [1.165, 1.54) is 24.3 Å². The molecule has 2 aromatic carbocycles. The van der Waals surface area contributed by atoms with Crippen molar-refractivity contribution in [1.82, 2.24) is 18.9 Å². The lowest BCUT2D eigenvalue weighted by Gasteiger charge is -2.35. The molecule has 40 heavy (non-hydrogen) atoms. The number of anilines is 1. The minimum Gasteiger partial charge on any atom is -0.355 e. The van der Waals surface area contributed by atoms with Crippen molar-refractivity contribution in [2.45, 2.75) is 32.7 Å². The number of halogens is 1. The second kappa shape index (κ2) is 13.4. The van der Waals surface area contributed by atoms with E-state index in [4.69, 9.17) is 16.6 Å². The van der Waals surface area contributed by atoms with Crippen LogP contribution < -0.4 is 10.5 Å². The first-order valence-corrected chi connectivity index (χ1v) is 13.7. The van der Waals surface area contributed by atoms with Crippen molar-refractivity contribution >= 4 is 35.2 Å². The number of aryl methyl sites for hydroxylation is 1. The highest BCUT2D eigenvalue weighted by atomic mass is 35.5. The molecule has 0 bridgehead atoms. The molecular formula is C29H33ClN6O4. The highest BCUT2D eigenvalue weighted by Crippen LogP contribution is 2.24. The fourth-order valence-electron chi connectivity index (χ4n) is 4.55. The lowest BCUT2D eigenvalue weighted by atomic mass is 10.2. The van der Waals surface area contributed by atoms with Gasteiger partial charge in [-0.3, -0.25) is 28.7 Å². The molecular weight excluding hydrogens is 532 g/mol. The SMILES string of the molecule is CCCCCn1c(N2CCN(C)CC2)cc(=O)n2cc(-c3ccc(Cl)cc3)nc12.O=Cc1ccc([N+](=O)[O-])cc1. The monoisotopic (exact) mass is 564 g/mol. The Morgan fingerprint density at radius 3 is 2.30 bits per heavy atom. The van der Waals surface area contributed by atoms with E-state index in [2.05, 4.69) is 28.3 Å². The molecule has 11 heteroatoms. The van der Waals surface area contributed by atoms with Gasteiger partial charge < -0.3 is 9.80 Å². The fraction of sp³-hybridized carbons (Fsp3) is 0.345. The number of carbonyl (C=O) groups is 1. The lowest BCUT2D eigenvalue weighted by Crippen LogP contribution is -2.46. The van der Waals surface area contributed by atoms with E-state index in [0.717, 1.165) is 69.1 Å². The van der Waals surface area contributed by atoms with Gasteiger partial charge in [-0.2, -0.15) is 0 Å². The molecule has 0 amide bonds. The third-order valence-electron chi connectivity index (χ3n) is 6.89. The number of nitro benzene ring substituents is 1. The van der Waals surface area contributed by atoms with E-state index in [0.29, 0.717) is 22.6 Å². The van der Waals surface area contributed by atoms with Crippen LogP contribution in [0.25, 0.3) is 17.0 Å². The van der Waals surface area contributed by atoms with Crippen LogP contribution in [0.5, 0.6) is 0 Å². The maximum atomic E-state index is 12.9. The van der Waals surface area contributed by atoms with Crippen LogP contribution in [0.3, 0.4) is 0 Å². The Bertz CT molecular complexity index is 1510. The van der Waals surface area contributed by atoms with Crippen LogP contribution in [0.1, 0.15) is 36.5 Å². The summed E-state index contributed by atoms with van der Waals surface area (Å²) in [6.07, 6.45) is 5.86. The van der Waals surface area contributed by atoms with Gasteiger partial charge in [-0.15, -0.1) is 0 Å². The molecule has 0 unspecified atom stereocenters. The Morgan fingerprint density at radius 2 is 1.70 bits per heavy atom. The van der Waals surface area contributed by atoms with Crippen LogP contribution in [0.15, 0.2) is 65.6 Å². The van der Waals surface area contributed by atoms with Crippen molar-refractivity contribution in [2.24, 2.45) is 0 Å². The number of piperazine rings is 1. The first-order chi connectivity index (χ1) is 19.3. The van der Waals surface area contributed by atoms with E-state index < -0.39 is 4.92 Å². The van der Waals surface area contributed by atoms with Gasteiger partial charge in [0.15, 0.2) is 0 Å². The Morgan fingerprint density at radius 1 is 1.02 bits per heavy atom. The van der Waals surface area contributed by atoms with E-state index in [1.54, 1.807) is 10.5 Å². The number of unbranched alkanes of at least 4 members (excludes halogenated alkanes) is 2. The molecule has 0 atom stereocenters. The molecule has 4 aromatic rings. The zero-order valence-corrected chi connectivity index (χ0v) is 23.5. The fourth-order valence-corrected chi connectivity index (χ4v) is 4.68. The number of hydrogen-bond acceptors (Lipinski definition) is 7. The summed E-state index contributed by atoms with van der Waals surface area (Å²) in [5.74, 6) is 1.70. The Labute approximate surface area is 237 Å². The number of non-ortho nitro benzene ring substituents is 1. The number of fused-ring (bicyclic) bond motifs is 1. The number of rotatable bonds is 8. The topological polar surface area (TPSA) is 106 Å². The maximum absolute atomic E-state index is 12.9. The highest BCUT2D eigenvalue weighted by Gasteiger charge is 2.21. The van der Waals surface area contributed by atoms with E-state index in [-0.39, 0.29) is 11.2 Å². The number of imidazole rings is 1. The first kappa shape index (κ1) is 29.0. The number of likely N-dealkylation sites (N-methyl/N-ethyl adjacent to an activating group) is 1. The summed E-state index contributed by atoms with van der Waals surface area (Å²) < 4.78 is 3.90. The zero-order valence-electron chi connectivity index (χ0n) is 22.7. The summed E-state index contributed by atoms with van der Waals surface area (Å²) in [6, 6.07) is 14.8. The van der Waals surface area contributed by atoms with E-state index in [1.807, 2.05) is 30.5 Å². The van der Waals surface area contributed by atoms with Crippen LogP contribution in [0.2, 0.25) is 5.02 Å². The number of hydrogen-bond donors (Lipinski definition) is 0. The summed E-state index contributed by atoms with van der Waals surface area (Å²) in [4.78, 5) is 42.2. The molecule has 10 nitrogen and oxygen atoms in total. The van der Waals surface area contributed by atoms with Gasteiger partial charge in [-0.05, 0) is 37.7 Å². The van der Waals surface area contributed by atoms with Gasteiger partial charge in [-0.1, -0.05) is 43.5 Å². The standard InChI is InChI=1S/C22H28ClN5O.C7H5NO3/c1-3-4-5-10-27-20(26-13-11-25(2)12-14-26)15-21(29)28-16-19(24-22(27)28)17-6-8-18(23)9-7-17;9-5-6-1-3-7(4-2-6)8(10)11/h6-9,15-16H,3-5,10-14H2,1-2H3;1-5H. The van der Waals surface area contributed by atoms with Crippen molar-refractivity contribution in [2.75, 3.05) is 38.1 Å². The molecule has 210 valence electrons. The first-order valence-electron chi connectivity index (χ1n) is 13.3. The summed E-state index contributed by atoms with van der Waals surface area (Å²) in [5, 5.41) is 10.8. The van der Waals surface area contributed by atoms with Crippen LogP contribution in [-0.2, 0) is 6.54 Å². The average molecular weight is 565 g/mol. The molecule has 1 aliphatic heterocycles. The molecule has 0 spiro atoms. The summed E-state index contributed by atoms with van der Waals surface area (Å²) in [7, 11) is 2.14. The van der Waals surface area contributed by atoms with Gasteiger partial charge in [-0.25, -0.2) is 4.98 Å². The van der Waals surface area contributed by atoms with Gasteiger partial charge >= 0.3 is 0 Å². The number of benzene rings is 2. The molecule has 1 fully saturated rings. The second-order valence-corrected chi connectivity index (χ2v) is 10.2. The van der Waals surface area contributed by atoms with Crippen molar-refractivity contribution in [3.05, 3.63) is 91.8 Å². The molecule has 2 aromatic heterocycles. The summed E-state index contributed by atoms with van der Waals surface area (Å²) in [6.45, 7) is 6.90. The zero-order chi connectivity index (χ0) is 28.6. The van der Waals surface area contributed by atoms with Crippen molar-refractivity contribution in [1.29, 1.82) is 0 Å². The predicted octanol–water partition coefficient (Wildman–Crippen LogP) is 5.17. The van der Waals surface area contributed by atoms with Crippen LogP contribution >= 0.6 is 11.6 Å². The van der Waals surface area contributed by atoms with Crippen molar-refractivity contribution in [3.8, 4) is 11.3 Å². The molecule has 0 N–H and O–H groups in total. The highest BCUT2D eigenvalue weighted by molar-refractivity contribution is 6.30. The lowest BCUT2D eigenvalue weighted by molar-refractivity contribution is -0.384. The largest absolute Gasteiger partial charge is 0.355 e. The minimum atomic E-state index is -0.505. The van der Waals surface area contributed by atoms with Crippen LogP contribution in [-0.4, -0.2) is 63.3 Å². The minimum absolute atomic E-state index is 0.00407. The van der Waals surface area contributed by atoms with E-state index >= 15 is 0 Å². The number of nitrogens with zero attached hydrogens (tertiary/aromatic N) is 6. The molecule has 1 saturated heterocycles. The van der Waals surface area contributed by atoms with Crippen molar-refractivity contribution < 1.29 is 9.72 Å². The normalized spacial score (nSPS) is 13.6. The molecule has 0 saturated carbocycles. The summed E-state index contributed by atoms with van der Waals surface area (Å²) >= 11 is 6.03. The van der Waals surface area contributed by atoms with Gasteiger partial charge in [0.25, 0.3) is 11.2 Å². The summed E-state index contributed by atoms with van der Waals surface area (Å²) in [5.41, 5.74) is 2.15. The predicted molar refractivity (Wildman–Crippen MR) is 158 cm³/mol. The third kappa shape index (κ3) is 6.94. The van der Waals surface area contributed by atoms with Gasteiger partial charge in [0.05, 0.1) is 10.6 Å². The molecule has 1 aliphatic rings. The van der Waals surface area contributed by atoms with Gasteiger partial charge in [0, 0.05) is 73.3 Å². The number of carbonyl (C=O) groups excluding carboxylic acids is 1. The number of nitro groups is 1. The van der Waals surface area contributed by atoms with Crippen molar-refractivity contribution in [3.63, 3.8) is 0 Å². The molecule has 3 heterocycles. The van der Waals surface area contributed by atoms with Gasteiger partial charge in [0.1, 0.15) is 12.1 Å². The third-order valence-corrected chi connectivity index (χ3v) is 7.14. The van der Waals surface area contributed by atoms with Crippen LogP contribution in [0.4, 0.5) is 11.5 Å². The molecule has 0 aliphatic carbocycles. The van der Waals surface area contributed by atoms with E-state index in [9.17, 15) is 19.7 Å². The quantitative estimate of drug-likeness (QED) is 0.126. The van der Waals surface area contributed by atoms with Crippen LogP contribution in [0, 0.1) is 10.1 Å². The Kier molecular flexibility index (Phi) is 9.68. The number of aldehydes is 1. The van der Waals surface area contributed by atoms with Gasteiger partial charge in [0.2, 0.25) is 5.78 Å². The Balaban J connectivity index is 0.000000283. The maximum Gasteiger partial charge on any atom is 0.269 e. The Hall–Kier alpha value is -4.02. The average Bonchev–Trinajstić information content (AvgIpc) is 3.42. The molecule has 0 radical (unpaired) electrons. The smallest absolute Gasteiger partial charge is 0.269 e. The number of aromatic nitrogens is 3. The second-order valence-electron chi connectivity index (χ2n) is 9.76.